The number of aryl methyl sites for hydroxylation is 1. The third-order valence-corrected chi connectivity index (χ3v) is 6.33. The number of hydrogen-bond acceptors (Lipinski definition) is 8. The van der Waals surface area contributed by atoms with E-state index in [2.05, 4.69) is 20.3 Å². The van der Waals surface area contributed by atoms with Crippen LogP contribution in [0.25, 0.3) is 21.3 Å². The molecule has 1 aliphatic rings. The molecule has 3 aromatic heterocycles. The topological polar surface area (TPSA) is 128 Å². The number of fused-ring (bicyclic) bond motifs is 3. The van der Waals surface area contributed by atoms with Crippen LogP contribution >= 0.6 is 11.3 Å². The predicted molar refractivity (Wildman–Crippen MR) is 125 cm³/mol. The summed E-state index contributed by atoms with van der Waals surface area (Å²) < 4.78 is 13.4. The number of thiazole rings is 1. The van der Waals surface area contributed by atoms with Crippen molar-refractivity contribution in [3.05, 3.63) is 50.3 Å². The summed E-state index contributed by atoms with van der Waals surface area (Å²) in [6, 6.07) is 5.20. The molecule has 10 nitrogen and oxygen atoms in total. The Kier molecular flexibility index (Phi) is 5.12. The van der Waals surface area contributed by atoms with E-state index in [1.807, 2.05) is 19.9 Å². The second-order valence-electron chi connectivity index (χ2n) is 7.89. The standard InChI is InChI=1S/C22H21N5O5S/c1-4-27-18-17(20(29)26-22(27)30)11(7-12(23-18)10(2)3)19(28)25-21-24-13-8-14-15(9-16(13)33-21)32-6-5-31-14/h7-10H,4-6H2,1-3H3,(H,24,25,28)(H,26,29,30). The zero-order chi connectivity index (χ0) is 23.3. The van der Waals surface area contributed by atoms with Crippen LogP contribution in [0.5, 0.6) is 11.5 Å². The van der Waals surface area contributed by atoms with E-state index in [0.29, 0.717) is 47.6 Å². The molecule has 4 heterocycles. The van der Waals surface area contributed by atoms with Gasteiger partial charge < -0.3 is 9.47 Å². The van der Waals surface area contributed by atoms with E-state index in [1.54, 1.807) is 19.1 Å². The quantitative estimate of drug-likeness (QED) is 0.472. The highest BCUT2D eigenvalue weighted by Gasteiger charge is 2.22. The van der Waals surface area contributed by atoms with Gasteiger partial charge in [0, 0.05) is 24.4 Å². The van der Waals surface area contributed by atoms with Crippen LogP contribution < -0.4 is 26.0 Å². The van der Waals surface area contributed by atoms with Crippen LogP contribution in [-0.2, 0) is 6.54 Å². The molecule has 0 bridgehead atoms. The maximum absolute atomic E-state index is 13.3. The number of aromatic nitrogens is 4. The Bertz CT molecular complexity index is 1490. The van der Waals surface area contributed by atoms with Crippen molar-refractivity contribution in [1.29, 1.82) is 0 Å². The van der Waals surface area contributed by atoms with Crippen LogP contribution in [0.3, 0.4) is 0 Å². The van der Waals surface area contributed by atoms with Gasteiger partial charge in [-0.15, -0.1) is 0 Å². The van der Waals surface area contributed by atoms with E-state index in [4.69, 9.17) is 9.47 Å². The number of rotatable bonds is 4. The highest BCUT2D eigenvalue weighted by Crippen LogP contribution is 2.38. The fourth-order valence-electron chi connectivity index (χ4n) is 3.74. The Hall–Kier alpha value is -3.73. The van der Waals surface area contributed by atoms with Gasteiger partial charge in [0.25, 0.3) is 11.5 Å². The number of aromatic amines is 1. The van der Waals surface area contributed by atoms with Gasteiger partial charge in [0.2, 0.25) is 0 Å². The first-order valence-corrected chi connectivity index (χ1v) is 11.4. The van der Waals surface area contributed by atoms with Gasteiger partial charge in [0.15, 0.2) is 22.3 Å². The SMILES string of the molecule is CCn1c(=O)[nH]c(=O)c2c(C(=O)Nc3nc4cc5c(cc4s3)OCCO5)cc(C(C)C)nc21. The van der Waals surface area contributed by atoms with Crippen LogP contribution in [0.4, 0.5) is 5.13 Å². The molecule has 5 rings (SSSR count). The number of benzene rings is 1. The molecule has 33 heavy (non-hydrogen) atoms. The van der Waals surface area contributed by atoms with Gasteiger partial charge in [-0.1, -0.05) is 25.2 Å². The summed E-state index contributed by atoms with van der Waals surface area (Å²) in [5.74, 6) is 0.727. The first kappa shape index (κ1) is 21.1. The summed E-state index contributed by atoms with van der Waals surface area (Å²) in [4.78, 5) is 49.6. The van der Waals surface area contributed by atoms with Crippen LogP contribution in [0, 0.1) is 0 Å². The third kappa shape index (κ3) is 3.63. The van der Waals surface area contributed by atoms with Gasteiger partial charge in [0.1, 0.15) is 13.2 Å². The molecular formula is C22H21N5O5S. The van der Waals surface area contributed by atoms with Crippen LogP contribution in [0.2, 0.25) is 0 Å². The third-order valence-electron chi connectivity index (χ3n) is 5.39. The lowest BCUT2D eigenvalue weighted by molar-refractivity contribution is 0.102. The van der Waals surface area contributed by atoms with Crippen molar-refractivity contribution >= 4 is 43.6 Å². The number of nitrogens with zero attached hydrogens (tertiary/aromatic N) is 3. The van der Waals surface area contributed by atoms with Crippen molar-refractivity contribution in [2.45, 2.75) is 33.2 Å². The maximum atomic E-state index is 13.3. The first-order chi connectivity index (χ1) is 15.9. The molecule has 1 amide bonds. The molecule has 2 N–H and O–H groups in total. The van der Waals surface area contributed by atoms with Crippen LogP contribution in [0.1, 0.15) is 42.7 Å². The lowest BCUT2D eigenvalue weighted by Gasteiger charge is -2.17. The molecule has 1 aliphatic heterocycles. The van der Waals surface area contributed by atoms with Crippen molar-refractivity contribution in [2.75, 3.05) is 18.5 Å². The lowest BCUT2D eigenvalue weighted by Crippen LogP contribution is -2.32. The van der Waals surface area contributed by atoms with E-state index in [-0.39, 0.29) is 22.5 Å². The van der Waals surface area contributed by atoms with Gasteiger partial charge in [0.05, 0.1) is 21.2 Å². The smallest absolute Gasteiger partial charge is 0.329 e. The Morgan fingerprint density at radius 3 is 2.61 bits per heavy atom. The number of carbonyl (C=O) groups excluding carboxylic acids is 1. The molecule has 0 unspecified atom stereocenters. The van der Waals surface area contributed by atoms with Gasteiger partial charge in [-0.25, -0.2) is 14.8 Å². The molecule has 0 saturated heterocycles. The van der Waals surface area contributed by atoms with Crippen molar-refractivity contribution in [3.8, 4) is 11.5 Å². The highest BCUT2D eigenvalue weighted by atomic mass is 32.1. The van der Waals surface area contributed by atoms with Gasteiger partial charge in [-0.05, 0) is 18.9 Å². The summed E-state index contributed by atoms with van der Waals surface area (Å²) in [5, 5.41) is 3.23. The number of ether oxygens (including phenoxy) is 2. The predicted octanol–water partition coefficient (Wildman–Crippen LogP) is 2.86. The van der Waals surface area contributed by atoms with Crippen molar-refractivity contribution in [3.63, 3.8) is 0 Å². The van der Waals surface area contributed by atoms with Crippen molar-refractivity contribution in [2.24, 2.45) is 0 Å². The fraction of sp³-hybridized carbons (Fsp3) is 0.318. The van der Waals surface area contributed by atoms with Gasteiger partial charge >= 0.3 is 5.69 Å². The number of H-pyrrole nitrogens is 1. The zero-order valence-electron chi connectivity index (χ0n) is 18.2. The summed E-state index contributed by atoms with van der Waals surface area (Å²) >= 11 is 1.29. The first-order valence-electron chi connectivity index (χ1n) is 10.5. The number of amides is 1. The summed E-state index contributed by atoms with van der Waals surface area (Å²) in [7, 11) is 0. The minimum Gasteiger partial charge on any atom is -0.486 e. The molecule has 0 fully saturated rings. The monoisotopic (exact) mass is 467 g/mol. The number of hydrogen-bond donors (Lipinski definition) is 2. The Balaban J connectivity index is 1.61. The minimum absolute atomic E-state index is 0.0191. The lowest BCUT2D eigenvalue weighted by atomic mass is 10.0. The van der Waals surface area contributed by atoms with Gasteiger partial charge in [-0.2, -0.15) is 0 Å². The molecule has 0 radical (unpaired) electrons. The van der Waals surface area contributed by atoms with E-state index in [0.717, 1.165) is 4.70 Å². The van der Waals surface area contributed by atoms with Crippen molar-refractivity contribution in [1.82, 2.24) is 19.5 Å². The largest absolute Gasteiger partial charge is 0.486 e. The number of carbonyl (C=O) groups is 1. The summed E-state index contributed by atoms with van der Waals surface area (Å²) in [6.45, 7) is 6.88. The normalized spacial score (nSPS) is 13.1. The summed E-state index contributed by atoms with van der Waals surface area (Å²) in [5.41, 5.74) is 0.380. The molecule has 0 atom stereocenters. The van der Waals surface area contributed by atoms with Gasteiger partial charge in [-0.3, -0.25) is 24.5 Å². The average Bonchev–Trinajstić information content (AvgIpc) is 3.17. The summed E-state index contributed by atoms with van der Waals surface area (Å²) in [6.07, 6.45) is 0. The highest BCUT2D eigenvalue weighted by molar-refractivity contribution is 7.22. The number of pyridine rings is 1. The molecule has 4 aromatic rings. The molecule has 0 spiro atoms. The molecule has 170 valence electrons. The second kappa shape index (κ2) is 8.00. The molecular weight excluding hydrogens is 446 g/mol. The molecule has 1 aromatic carbocycles. The second-order valence-corrected chi connectivity index (χ2v) is 8.92. The number of anilines is 1. The Morgan fingerprint density at radius 1 is 1.18 bits per heavy atom. The molecule has 0 saturated carbocycles. The minimum atomic E-state index is -0.654. The van der Waals surface area contributed by atoms with E-state index in [1.165, 1.54) is 15.9 Å². The fourth-order valence-corrected chi connectivity index (χ4v) is 4.62. The molecule has 0 aliphatic carbocycles. The van der Waals surface area contributed by atoms with Crippen LogP contribution in [0.15, 0.2) is 27.8 Å². The Labute approximate surface area is 191 Å². The van der Waals surface area contributed by atoms with E-state index in [9.17, 15) is 14.4 Å². The average molecular weight is 468 g/mol. The van der Waals surface area contributed by atoms with Crippen LogP contribution in [-0.4, -0.2) is 38.6 Å². The van der Waals surface area contributed by atoms with E-state index >= 15 is 0 Å². The zero-order valence-corrected chi connectivity index (χ0v) is 19.0. The van der Waals surface area contributed by atoms with E-state index < -0.39 is 17.2 Å². The maximum Gasteiger partial charge on any atom is 0.329 e. The van der Waals surface area contributed by atoms with Crippen molar-refractivity contribution < 1.29 is 14.3 Å². The molecule has 11 heteroatoms. The number of nitrogens with one attached hydrogen (secondary N) is 2. The Morgan fingerprint density at radius 2 is 1.91 bits per heavy atom.